The second-order valence-corrected chi connectivity index (χ2v) is 8.01. The minimum atomic E-state index is 0.965. The zero-order valence-corrected chi connectivity index (χ0v) is 17.3. The van der Waals surface area contributed by atoms with Crippen LogP contribution < -0.4 is 4.57 Å². The molecule has 4 nitrogen and oxygen atoms in total. The van der Waals surface area contributed by atoms with E-state index >= 15 is 0 Å². The fraction of sp³-hybridized carbons (Fsp3) is 0.250. The highest BCUT2D eigenvalue weighted by Gasteiger charge is 2.27. The molecule has 0 aliphatic carbocycles. The number of hydrogen-bond donors (Lipinski definition) is 0. The Hall–Kier alpha value is -3.14. The third-order valence-electron chi connectivity index (χ3n) is 6.16. The minimum absolute atomic E-state index is 0.965. The summed E-state index contributed by atoms with van der Waals surface area (Å²) in [7, 11) is 2.11. The van der Waals surface area contributed by atoms with E-state index in [4.69, 9.17) is 4.98 Å². The lowest BCUT2D eigenvalue weighted by Gasteiger charge is -2.08. The van der Waals surface area contributed by atoms with Crippen LogP contribution in [0.3, 0.4) is 0 Å². The summed E-state index contributed by atoms with van der Waals surface area (Å²) in [6.45, 7) is 10.9. The molecule has 0 spiro atoms. The average molecular weight is 369 g/mol. The number of hydrogen-bond acceptors (Lipinski definition) is 1. The van der Waals surface area contributed by atoms with Crippen LogP contribution in [-0.2, 0) is 7.05 Å². The molecule has 5 rings (SSSR count). The molecule has 140 valence electrons. The number of benzene rings is 2. The highest BCUT2D eigenvalue weighted by atomic mass is 15.3. The van der Waals surface area contributed by atoms with Crippen molar-refractivity contribution in [1.29, 1.82) is 0 Å². The van der Waals surface area contributed by atoms with Gasteiger partial charge in [0, 0.05) is 11.6 Å². The van der Waals surface area contributed by atoms with Crippen LogP contribution in [0.5, 0.6) is 0 Å². The number of fused-ring (bicyclic) bond motifs is 5. The molecular weight excluding hydrogens is 344 g/mol. The van der Waals surface area contributed by atoms with Crippen LogP contribution in [0.15, 0.2) is 42.6 Å². The zero-order chi connectivity index (χ0) is 19.7. The fourth-order valence-electron chi connectivity index (χ4n) is 4.27. The van der Waals surface area contributed by atoms with Gasteiger partial charge in [-0.25, -0.2) is 4.57 Å². The van der Waals surface area contributed by atoms with E-state index in [0.717, 1.165) is 22.6 Å². The van der Waals surface area contributed by atoms with Gasteiger partial charge in [0.15, 0.2) is 5.52 Å². The molecule has 5 aromatic rings. The van der Waals surface area contributed by atoms with E-state index in [1.54, 1.807) is 0 Å². The molecule has 0 radical (unpaired) electrons. The van der Waals surface area contributed by atoms with Gasteiger partial charge in [-0.1, -0.05) is 18.2 Å². The molecule has 3 aromatic heterocycles. The monoisotopic (exact) mass is 369 g/mol. The molecule has 0 amide bonds. The molecule has 2 aromatic carbocycles. The molecule has 0 saturated carbocycles. The number of nitrogens with zero attached hydrogens (tertiary/aromatic N) is 4. The summed E-state index contributed by atoms with van der Waals surface area (Å²) < 4.78 is 6.83. The maximum Gasteiger partial charge on any atom is 0.312 e. The van der Waals surface area contributed by atoms with Gasteiger partial charge in [-0.2, -0.15) is 9.55 Å². The van der Waals surface area contributed by atoms with Gasteiger partial charge in [0.05, 0.1) is 29.8 Å². The molecule has 0 aliphatic heterocycles. The summed E-state index contributed by atoms with van der Waals surface area (Å²) in [5.74, 6) is 2.09. The van der Waals surface area contributed by atoms with E-state index in [1.165, 1.54) is 38.9 Å². The molecule has 4 heteroatoms. The van der Waals surface area contributed by atoms with Gasteiger partial charge >= 0.3 is 5.78 Å². The fourth-order valence-corrected chi connectivity index (χ4v) is 4.27. The van der Waals surface area contributed by atoms with E-state index < -0.39 is 0 Å². The topological polar surface area (TPSA) is 26.1 Å². The molecular formula is C24H25N4+. The highest BCUT2D eigenvalue weighted by Crippen LogP contribution is 2.32. The predicted molar refractivity (Wildman–Crippen MR) is 114 cm³/mol. The number of rotatable bonds is 1. The summed E-state index contributed by atoms with van der Waals surface area (Å²) in [6, 6.07) is 13.1. The molecule has 0 saturated heterocycles. The Kier molecular flexibility index (Phi) is 3.45. The summed E-state index contributed by atoms with van der Waals surface area (Å²) in [6.07, 6.45) is 2.20. The number of aromatic nitrogens is 4. The molecule has 28 heavy (non-hydrogen) atoms. The van der Waals surface area contributed by atoms with Crippen LogP contribution in [0.4, 0.5) is 0 Å². The SMILES string of the molecule is Cc1cc(-n2c3c(C)c(C)ccc3n3c4cccc(C)c4nc23)[n+](C)cc1C. The Labute approximate surface area is 164 Å². The predicted octanol–water partition coefficient (Wildman–Crippen LogP) is 4.80. The number of aryl methyl sites for hydroxylation is 6. The Balaban J connectivity index is 2.08. The summed E-state index contributed by atoms with van der Waals surface area (Å²) in [5.41, 5.74) is 11.0. The Bertz CT molecular complexity index is 1420. The van der Waals surface area contributed by atoms with Crippen LogP contribution in [0.1, 0.15) is 27.8 Å². The number of pyridine rings is 1. The minimum Gasteiger partial charge on any atom is -0.254 e. The second kappa shape index (κ2) is 5.68. The highest BCUT2D eigenvalue weighted by molar-refractivity contribution is 5.94. The Morgan fingerprint density at radius 1 is 0.821 bits per heavy atom. The number of para-hydroxylation sites is 1. The summed E-state index contributed by atoms with van der Waals surface area (Å²) >= 11 is 0. The molecule has 0 fully saturated rings. The van der Waals surface area contributed by atoms with Crippen LogP contribution in [-0.4, -0.2) is 14.0 Å². The van der Waals surface area contributed by atoms with Gasteiger partial charge < -0.3 is 0 Å². The maximum atomic E-state index is 5.10. The maximum absolute atomic E-state index is 5.10. The molecule has 0 aliphatic rings. The lowest BCUT2D eigenvalue weighted by molar-refractivity contribution is -0.665. The van der Waals surface area contributed by atoms with Crippen LogP contribution in [0.25, 0.3) is 33.7 Å². The Morgan fingerprint density at radius 2 is 1.61 bits per heavy atom. The van der Waals surface area contributed by atoms with Crippen LogP contribution >= 0.6 is 0 Å². The van der Waals surface area contributed by atoms with Gasteiger partial charge in [-0.05, 0) is 69.0 Å². The van der Waals surface area contributed by atoms with Gasteiger partial charge in [0.2, 0.25) is 0 Å². The quantitative estimate of drug-likeness (QED) is 0.390. The van der Waals surface area contributed by atoms with E-state index in [9.17, 15) is 0 Å². The lowest BCUT2D eigenvalue weighted by atomic mass is 10.1. The van der Waals surface area contributed by atoms with Crippen molar-refractivity contribution in [3.05, 3.63) is 70.4 Å². The average Bonchev–Trinajstić information content (AvgIpc) is 3.18. The van der Waals surface area contributed by atoms with E-state index in [0.29, 0.717) is 0 Å². The van der Waals surface area contributed by atoms with Crippen molar-refractivity contribution in [3.8, 4) is 5.82 Å². The van der Waals surface area contributed by atoms with Crippen molar-refractivity contribution in [2.45, 2.75) is 34.6 Å². The third kappa shape index (κ3) is 2.12. The van der Waals surface area contributed by atoms with Gasteiger partial charge in [-0.15, -0.1) is 0 Å². The largest absolute Gasteiger partial charge is 0.312 e. The first kappa shape index (κ1) is 17.0. The first-order valence-corrected chi connectivity index (χ1v) is 9.74. The van der Waals surface area contributed by atoms with Crippen molar-refractivity contribution in [2.75, 3.05) is 0 Å². The lowest BCUT2D eigenvalue weighted by Crippen LogP contribution is -2.34. The smallest absolute Gasteiger partial charge is 0.254 e. The summed E-state index contributed by atoms with van der Waals surface area (Å²) in [5, 5.41) is 0. The van der Waals surface area contributed by atoms with Crippen molar-refractivity contribution in [3.63, 3.8) is 0 Å². The Morgan fingerprint density at radius 3 is 2.39 bits per heavy atom. The molecule has 0 N–H and O–H groups in total. The first-order chi connectivity index (χ1) is 13.4. The number of imidazole rings is 2. The first-order valence-electron chi connectivity index (χ1n) is 9.74. The van der Waals surface area contributed by atoms with E-state index in [1.807, 2.05) is 0 Å². The van der Waals surface area contributed by atoms with E-state index in [-0.39, 0.29) is 0 Å². The van der Waals surface area contributed by atoms with Gasteiger partial charge in [0.1, 0.15) is 0 Å². The van der Waals surface area contributed by atoms with Crippen LogP contribution in [0, 0.1) is 34.6 Å². The van der Waals surface area contributed by atoms with Crippen molar-refractivity contribution >= 4 is 27.8 Å². The normalized spacial score (nSPS) is 11.9. The van der Waals surface area contributed by atoms with Crippen molar-refractivity contribution in [1.82, 2.24) is 14.0 Å². The van der Waals surface area contributed by atoms with Crippen LogP contribution in [0.2, 0.25) is 0 Å². The molecule has 0 bridgehead atoms. The van der Waals surface area contributed by atoms with Crippen molar-refractivity contribution in [2.24, 2.45) is 7.05 Å². The summed E-state index contributed by atoms with van der Waals surface area (Å²) in [4.78, 5) is 5.10. The van der Waals surface area contributed by atoms with Gasteiger partial charge in [-0.3, -0.25) is 4.40 Å². The zero-order valence-electron chi connectivity index (χ0n) is 17.3. The third-order valence-corrected chi connectivity index (χ3v) is 6.16. The van der Waals surface area contributed by atoms with Gasteiger partial charge in [0.25, 0.3) is 5.82 Å². The standard InChI is InChI=1S/C24H25N4/c1-14-10-11-20-23(18(14)5)28(21-12-16(3)17(4)13-26(21)6)24-25-22-15(2)8-7-9-19(22)27(20)24/h7-13H,1-6H3/q+1. The second-order valence-electron chi connectivity index (χ2n) is 8.01. The van der Waals surface area contributed by atoms with E-state index in [2.05, 4.69) is 97.8 Å². The molecule has 0 atom stereocenters. The molecule has 3 heterocycles. The molecule has 0 unspecified atom stereocenters. The van der Waals surface area contributed by atoms with Crippen molar-refractivity contribution < 1.29 is 4.57 Å².